The van der Waals surface area contributed by atoms with Crippen LogP contribution in [0.3, 0.4) is 0 Å². The topological polar surface area (TPSA) is 48.7 Å². The Labute approximate surface area is 157 Å². The molecule has 0 bridgehead atoms. The van der Waals surface area contributed by atoms with Gasteiger partial charge in [-0.1, -0.05) is 34.1 Å². The lowest BCUT2D eigenvalue weighted by Gasteiger charge is -2.03. The second-order valence-corrected chi connectivity index (χ2v) is 7.10. The summed E-state index contributed by atoms with van der Waals surface area (Å²) in [4.78, 5) is 4.53. The largest absolute Gasteiger partial charge is 0.360 e. The summed E-state index contributed by atoms with van der Waals surface area (Å²) in [6, 6.07) is 14.8. The molecule has 1 heterocycles. The molecule has 3 nitrogen and oxygen atoms in total. The van der Waals surface area contributed by atoms with Crippen LogP contribution in [0.4, 0.5) is 10.1 Å². The van der Waals surface area contributed by atoms with Gasteiger partial charge in [-0.25, -0.2) is 9.37 Å². The van der Waals surface area contributed by atoms with Gasteiger partial charge in [-0.15, -0.1) is 11.3 Å². The van der Waals surface area contributed by atoms with E-state index in [1.54, 1.807) is 25.3 Å². The smallest absolute Gasteiger partial charge is 0.136 e. The van der Waals surface area contributed by atoms with Gasteiger partial charge in [0.25, 0.3) is 0 Å². The third-order valence-corrected chi connectivity index (χ3v) is 4.90. The molecule has 2 aromatic carbocycles. The first-order chi connectivity index (χ1) is 12.1. The van der Waals surface area contributed by atoms with Crippen LogP contribution in [0.5, 0.6) is 0 Å². The fourth-order valence-corrected chi connectivity index (χ4v) is 3.35. The summed E-state index contributed by atoms with van der Waals surface area (Å²) in [6.45, 7) is 1.70. The van der Waals surface area contributed by atoms with Crippen molar-refractivity contribution < 1.29 is 4.39 Å². The van der Waals surface area contributed by atoms with Gasteiger partial charge in [0, 0.05) is 27.3 Å². The van der Waals surface area contributed by atoms with Crippen molar-refractivity contribution >= 4 is 38.5 Å². The minimum Gasteiger partial charge on any atom is -0.360 e. The van der Waals surface area contributed by atoms with Gasteiger partial charge in [-0.3, -0.25) is 0 Å². The van der Waals surface area contributed by atoms with Crippen LogP contribution in [0.2, 0.25) is 0 Å². The molecular formula is C19H13BrFN3S. The van der Waals surface area contributed by atoms with Gasteiger partial charge in [0.2, 0.25) is 0 Å². The summed E-state index contributed by atoms with van der Waals surface area (Å²) in [7, 11) is 0. The molecule has 6 heteroatoms. The van der Waals surface area contributed by atoms with Crippen molar-refractivity contribution in [1.82, 2.24) is 4.98 Å². The van der Waals surface area contributed by atoms with Gasteiger partial charge < -0.3 is 5.32 Å². The molecule has 124 valence electrons. The summed E-state index contributed by atoms with van der Waals surface area (Å²) < 4.78 is 14.6. The molecule has 1 N–H and O–H groups in total. The van der Waals surface area contributed by atoms with Gasteiger partial charge in [-0.2, -0.15) is 5.26 Å². The van der Waals surface area contributed by atoms with E-state index in [0.29, 0.717) is 21.8 Å². The molecule has 0 aliphatic heterocycles. The highest BCUT2D eigenvalue weighted by Crippen LogP contribution is 2.27. The highest BCUT2D eigenvalue weighted by atomic mass is 79.9. The molecular weight excluding hydrogens is 401 g/mol. The minimum absolute atomic E-state index is 0.289. The van der Waals surface area contributed by atoms with Crippen molar-refractivity contribution in [3.63, 3.8) is 0 Å². The maximum Gasteiger partial charge on any atom is 0.136 e. The third-order valence-electron chi connectivity index (χ3n) is 3.53. The van der Waals surface area contributed by atoms with Crippen LogP contribution in [0.15, 0.2) is 58.5 Å². The predicted molar refractivity (Wildman–Crippen MR) is 104 cm³/mol. The second-order valence-electron chi connectivity index (χ2n) is 5.33. The van der Waals surface area contributed by atoms with Gasteiger partial charge in [0.1, 0.15) is 22.5 Å². The molecule has 0 radical (unpaired) electrons. The van der Waals surface area contributed by atoms with Crippen molar-refractivity contribution in [3.8, 4) is 17.3 Å². The van der Waals surface area contributed by atoms with Crippen LogP contribution in [0.25, 0.3) is 16.8 Å². The standard InChI is InChI=1S/C19H13BrFN3S/c1-12-5-6-16(8-17(12)21)23-10-14(9-22)19-24-18(11-25-19)13-3-2-4-15(20)7-13/h2-8,10-11,23H,1H3. The molecule has 0 spiro atoms. The van der Waals surface area contributed by atoms with E-state index in [0.717, 1.165) is 15.7 Å². The van der Waals surface area contributed by atoms with Crippen LogP contribution in [0, 0.1) is 24.1 Å². The molecule has 0 atom stereocenters. The Morgan fingerprint density at radius 3 is 2.88 bits per heavy atom. The first-order valence-electron chi connectivity index (χ1n) is 7.41. The Morgan fingerprint density at radius 1 is 1.32 bits per heavy atom. The molecule has 25 heavy (non-hydrogen) atoms. The fraction of sp³-hybridized carbons (Fsp3) is 0.0526. The van der Waals surface area contributed by atoms with Crippen molar-refractivity contribution in [3.05, 3.63) is 74.9 Å². The summed E-state index contributed by atoms with van der Waals surface area (Å²) in [5.74, 6) is -0.289. The number of aromatic nitrogens is 1. The monoisotopic (exact) mass is 413 g/mol. The number of anilines is 1. The minimum atomic E-state index is -0.289. The Balaban J connectivity index is 1.84. The SMILES string of the molecule is Cc1ccc(NC=C(C#N)c2nc(-c3cccc(Br)c3)cs2)cc1F. The Hall–Kier alpha value is -2.49. The quantitative estimate of drug-likeness (QED) is 0.533. The van der Waals surface area contributed by atoms with Crippen LogP contribution in [0.1, 0.15) is 10.6 Å². The molecule has 0 saturated heterocycles. The first-order valence-corrected chi connectivity index (χ1v) is 9.09. The first kappa shape index (κ1) is 17.3. The molecule has 3 aromatic rings. The number of nitriles is 1. The Kier molecular flexibility index (Phi) is 5.27. The normalized spacial score (nSPS) is 11.2. The number of hydrogen-bond donors (Lipinski definition) is 1. The molecule has 0 aliphatic carbocycles. The van der Waals surface area contributed by atoms with E-state index < -0.39 is 0 Å². The fourth-order valence-electron chi connectivity index (χ4n) is 2.16. The lowest BCUT2D eigenvalue weighted by atomic mass is 10.2. The summed E-state index contributed by atoms with van der Waals surface area (Å²) in [6.07, 6.45) is 1.55. The van der Waals surface area contributed by atoms with Gasteiger partial charge in [-0.05, 0) is 36.8 Å². The zero-order chi connectivity index (χ0) is 17.8. The average molecular weight is 414 g/mol. The van der Waals surface area contributed by atoms with Crippen molar-refractivity contribution in [1.29, 1.82) is 5.26 Å². The van der Waals surface area contributed by atoms with E-state index in [1.165, 1.54) is 17.4 Å². The number of rotatable bonds is 4. The maximum atomic E-state index is 13.6. The Bertz CT molecular complexity index is 988. The van der Waals surface area contributed by atoms with E-state index in [4.69, 9.17) is 0 Å². The van der Waals surface area contributed by atoms with Crippen molar-refractivity contribution in [2.45, 2.75) is 6.92 Å². The maximum absolute atomic E-state index is 13.6. The second kappa shape index (κ2) is 7.60. The van der Waals surface area contributed by atoms with Crippen molar-refractivity contribution in [2.24, 2.45) is 0 Å². The van der Waals surface area contributed by atoms with Crippen LogP contribution < -0.4 is 5.32 Å². The summed E-state index contributed by atoms with van der Waals surface area (Å²) >= 11 is 4.83. The highest BCUT2D eigenvalue weighted by molar-refractivity contribution is 9.10. The predicted octanol–water partition coefficient (Wildman–Crippen LogP) is 6.00. The third kappa shape index (κ3) is 4.13. The van der Waals surface area contributed by atoms with Crippen LogP contribution in [-0.4, -0.2) is 4.98 Å². The number of thiazole rings is 1. The Morgan fingerprint density at radius 2 is 2.16 bits per heavy atom. The van der Waals surface area contributed by atoms with Crippen LogP contribution >= 0.6 is 27.3 Å². The number of nitrogens with one attached hydrogen (secondary N) is 1. The zero-order valence-corrected chi connectivity index (χ0v) is 15.7. The highest BCUT2D eigenvalue weighted by Gasteiger charge is 2.09. The molecule has 0 aliphatic rings. The number of hydrogen-bond acceptors (Lipinski definition) is 4. The molecule has 0 fully saturated rings. The lowest BCUT2D eigenvalue weighted by Crippen LogP contribution is -1.93. The average Bonchev–Trinajstić information content (AvgIpc) is 3.08. The lowest BCUT2D eigenvalue weighted by molar-refractivity contribution is 0.619. The summed E-state index contributed by atoms with van der Waals surface area (Å²) in [5.41, 5.74) is 3.34. The molecule has 0 saturated carbocycles. The molecule has 0 unspecified atom stereocenters. The molecule has 1 aromatic heterocycles. The van der Waals surface area contributed by atoms with Gasteiger partial charge in [0.05, 0.1) is 5.69 Å². The van der Waals surface area contributed by atoms with E-state index >= 15 is 0 Å². The van der Waals surface area contributed by atoms with E-state index in [2.05, 4.69) is 32.3 Å². The summed E-state index contributed by atoms with van der Waals surface area (Å²) in [5, 5.41) is 14.9. The van der Waals surface area contributed by atoms with E-state index in [1.807, 2.05) is 29.6 Å². The number of allylic oxidation sites excluding steroid dienone is 1. The molecule has 0 amide bonds. The van der Waals surface area contributed by atoms with Crippen molar-refractivity contribution in [2.75, 3.05) is 5.32 Å². The number of benzene rings is 2. The number of halogens is 2. The van der Waals surface area contributed by atoms with E-state index in [9.17, 15) is 9.65 Å². The van der Waals surface area contributed by atoms with E-state index in [-0.39, 0.29) is 5.82 Å². The number of nitrogens with zero attached hydrogens (tertiary/aromatic N) is 2. The molecule has 3 rings (SSSR count). The zero-order valence-electron chi connectivity index (χ0n) is 13.3. The van der Waals surface area contributed by atoms with Crippen LogP contribution in [-0.2, 0) is 0 Å². The van der Waals surface area contributed by atoms with Gasteiger partial charge >= 0.3 is 0 Å². The van der Waals surface area contributed by atoms with Gasteiger partial charge in [0.15, 0.2) is 0 Å². The number of aryl methyl sites for hydroxylation is 1.